The number of hydrogen-bond donors (Lipinski definition) is 1. The molecule has 0 saturated carbocycles. The fourth-order valence-corrected chi connectivity index (χ4v) is 4.77. The molecule has 1 aromatic heterocycles. The van der Waals surface area contributed by atoms with Gasteiger partial charge in [0.15, 0.2) is 23.0 Å². The molecule has 2 aliphatic heterocycles. The highest BCUT2D eigenvalue weighted by Crippen LogP contribution is 2.41. The minimum atomic E-state index is -0.765. The van der Waals surface area contributed by atoms with Crippen LogP contribution in [0.3, 0.4) is 0 Å². The molecule has 0 radical (unpaired) electrons. The lowest BCUT2D eigenvalue weighted by Crippen LogP contribution is -2.40. The van der Waals surface area contributed by atoms with Crippen LogP contribution in [0.4, 0.5) is 0 Å². The molecule has 1 unspecified atom stereocenters. The van der Waals surface area contributed by atoms with Gasteiger partial charge in [0.05, 0.1) is 25.3 Å². The Bertz CT molecular complexity index is 1100. The SMILES string of the molecule is CCCOc1ccc(C2C(C(=O)c3ccc(C)o3)=C(O)C(=O)N2CCN2CCCCC2)cc1OC. The van der Waals surface area contributed by atoms with Gasteiger partial charge < -0.3 is 28.8 Å². The Hall–Kier alpha value is -3.26. The number of ketones is 1. The zero-order chi connectivity index (χ0) is 24.9. The molecule has 1 N–H and O–H groups in total. The maximum absolute atomic E-state index is 13.5. The van der Waals surface area contributed by atoms with E-state index in [1.165, 1.54) is 6.42 Å². The van der Waals surface area contributed by atoms with Gasteiger partial charge in [0, 0.05) is 13.1 Å². The molecule has 1 aromatic carbocycles. The number of rotatable bonds is 10. The summed E-state index contributed by atoms with van der Waals surface area (Å²) >= 11 is 0. The average molecular weight is 483 g/mol. The van der Waals surface area contributed by atoms with Crippen LogP contribution >= 0.6 is 0 Å². The van der Waals surface area contributed by atoms with Crippen LogP contribution in [0, 0.1) is 6.92 Å². The molecule has 1 amide bonds. The number of methoxy groups -OCH3 is 1. The molecule has 1 atom stereocenters. The van der Waals surface area contributed by atoms with E-state index in [0.29, 0.717) is 42.5 Å². The minimum Gasteiger partial charge on any atom is -0.503 e. The fraction of sp³-hybridized carbons (Fsp3) is 0.481. The lowest BCUT2D eigenvalue weighted by molar-refractivity contribution is -0.129. The van der Waals surface area contributed by atoms with E-state index < -0.39 is 23.5 Å². The van der Waals surface area contributed by atoms with Crippen LogP contribution in [0.1, 0.15) is 60.5 Å². The van der Waals surface area contributed by atoms with Crippen molar-refractivity contribution in [1.82, 2.24) is 9.80 Å². The molecule has 2 aliphatic rings. The number of piperidine rings is 1. The third-order valence-corrected chi connectivity index (χ3v) is 6.58. The number of benzene rings is 1. The van der Waals surface area contributed by atoms with Gasteiger partial charge in [0.25, 0.3) is 5.91 Å². The first-order valence-electron chi connectivity index (χ1n) is 12.3. The first-order chi connectivity index (χ1) is 16.9. The van der Waals surface area contributed by atoms with Crippen LogP contribution in [-0.2, 0) is 4.79 Å². The van der Waals surface area contributed by atoms with Gasteiger partial charge in [-0.3, -0.25) is 9.59 Å². The molecule has 4 rings (SSSR count). The maximum Gasteiger partial charge on any atom is 0.290 e. The molecule has 0 spiro atoms. The predicted octanol–water partition coefficient (Wildman–Crippen LogP) is 4.45. The molecule has 3 heterocycles. The summed E-state index contributed by atoms with van der Waals surface area (Å²) in [5, 5.41) is 10.9. The number of likely N-dealkylation sites (tertiary alicyclic amines) is 1. The van der Waals surface area contributed by atoms with Crippen molar-refractivity contribution in [3.63, 3.8) is 0 Å². The fourth-order valence-electron chi connectivity index (χ4n) is 4.77. The summed E-state index contributed by atoms with van der Waals surface area (Å²) in [5.74, 6) is 0.183. The highest BCUT2D eigenvalue weighted by molar-refractivity contribution is 6.15. The molecule has 8 heteroatoms. The van der Waals surface area contributed by atoms with E-state index in [1.54, 1.807) is 43.2 Å². The quantitative estimate of drug-likeness (QED) is 0.500. The van der Waals surface area contributed by atoms with E-state index in [1.807, 2.05) is 13.0 Å². The minimum absolute atomic E-state index is 0.0206. The topological polar surface area (TPSA) is 92.5 Å². The number of furan rings is 1. The second-order valence-corrected chi connectivity index (χ2v) is 9.06. The number of hydrogen-bond acceptors (Lipinski definition) is 7. The Morgan fingerprint density at radius 1 is 1.11 bits per heavy atom. The highest BCUT2D eigenvalue weighted by Gasteiger charge is 2.44. The smallest absolute Gasteiger partial charge is 0.290 e. The lowest BCUT2D eigenvalue weighted by Gasteiger charge is -2.31. The monoisotopic (exact) mass is 482 g/mol. The first kappa shape index (κ1) is 24.9. The first-order valence-corrected chi connectivity index (χ1v) is 12.3. The van der Waals surface area contributed by atoms with Gasteiger partial charge in [-0.05, 0) is 69.1 Å². The Kier molecular flexibility index (Phi) is 7.80. The van der Waals surface area contributed by atoms with E-state index in [9.17, 15) is 14.7 Å². The standard InChI is InChI=1S/C27H34N2O6/c1-4-16-34-20-11-9-19(17-22(20)33-3)24-23(25(30)21-10-8-18(2)35-21)26(31)27(32)29(24)15-14-28-12-6-5-7-13-28/h8-11,17,24,31H,4-7,12-16H2,1-3H3. The molecule has 188 valence electrons. The lowest BCUT2D eigenvalue weighted by atomic mass is 9.94. The van der Waals surface area contributed by atoms with Crippen LogP contribution in [0.25, 0.3) is 0 Å². The number of carbonyl (C=O) groups is 2. The van der Waals surface area contributed by atoms with Crippen LogP contribution in [0.15, 0.2) is 46.1 Å². The molecule has 1 fully saturated rings. The van der Waals surface area contributed by atoms with Gasteiger partial charge in [0.2, 0.25) is 5.78 Å². The number of aliphatic hydroxyl groups is 1. The number of aryl methyl sites for hydroxylation is 1. The summed E-state index contributed by atoms with van der Waals surface area (Å²) in [6.45, 7) is 7.34. The molecule has 8 nitrogen and oxygen atoms in total. The highest BCUT2D eigenvalue weighted by atomic mass is 16.5. The van der Waals surface area contributed by atoms with Gasteiger partial charge in [-0.1, -0.05) is 19.4 Å². The summed E-state index contributed by atoms with van der Waals surface area (Å²) in [5.41, 5.74) is 0.681. The normalized spacial score (nSPS) is 18.9. The number of Topliss-reactive ketones (excluding diaryl/α,β-unsaturated/α-hetero) is 1. The van der Waals surface area contributed by atoms with Gasteiger partial charge >= 0.3 is 0 Å². The van der Waals surface area contributed by atoms with Crippen molar-refractivity contribution >= 4 is 11.7 Å². The van der Waals surface area contributed by atoms with Crippen molar-refractivity contribution in [2.75, 3.05) is 39.9 Å². The summed E-state index contributed by atoms with van der Waals surface area (Å²) in [6, 6.07) is 7.87. The van der Waals surface area contributed by atoms with E-state index in [4.69, 9.17) is 13.9 Å². The molecule has 0 bridgehead atoms. The molecule has 1 saturated heterocycles. The van der Waals surface area contributed by atoms with E-state index in [-0.39, 0.29) is 11.3 Å². The van der Waals surface area contributed by atoms with Crippen LogP contribution in [-0.4, -0.2) is 66.5 Å². The number of aliphatic hydroxyl groups excluding tert-OH is 1. The second kappa shape index (κ2) is 11.0. The number of ether oxygens (including phenoxy) is 2. The largest absolute Gasteiger partial charge is 0.503 e. The van der Waals surface area contributed by atoms with E-state index in [2.05, 4.69) is 4.90 Å². The molecule has 0 aliphatic carbocycles. The van der Waals surface area contributed by atoms with Crippen molar-refractivity contribution in [3.05, 3.63) is 58.7 Å². The molecular formula is C27H34N2O6. The Labute approximate surface area is 206 Å². The summed E-state index contributed by atoms with van der Waals surface area (Å²) in [6.07, 6.45) is 4.35. The summed E-state index contributed by atoms with van der Waals surface area (Å²) in [7, 11) is 1.55. The third kappa shape index (κ3) is 5.22. The van der Waals surface area contributed by atoms with Crippen LogP contribution < -0.4 is 9.47 Å². The second-order valence-electron chi connectivity index (χ2n) is 9.06. The van der Waals surface area contributed by atoms with Crippen molar-refractivity contribution in [2.24, 2.45) is 0 Å². The van der Waals surface area contributed by atoms with Gasteiger partial charge in [-0.25, -0.2) is 0 Å². The van der Waals surface area contributed by atoms with Crippen molar-refractivity contribution in [3.8, 4) is 11.5 Å². The third-order valence-electron chi connectivity index (χ3n) is 6.58. The van der Waals surface area contributed by atoms with E-state index in [0.717, 1.165) is 32.4 Å². The van der Waals surface area contributed by atoms with Crippen molar-refractivity contribution in [2.45, 2.75) is 45.6 Å². The van der Waals surface area contributed by atoms with Gasteiger partial charge in [-0.15, -0.1) is 0 Å². The maximum atomic E-state index is 13.5. The van der Waals surface area contributed by atoms with E-state index >= 15 is 0 Å². The zero-order valence-electron chi connectivity index (χ0n) is 20.7. The Morgan fingerprint density at radius 3 is 2.54 bits per heavy atom. The average Bonchev–Trinajstić information content (AvgIpc) is 3.42. The summed E-state index contributed by atoms with van der Waals surface area (Å²) < 4.78 is 16.9. The molecular weight excluding hydrogens is 448 g/mol. The Morgan fingerprint density at radius 2 is 1.89 bits per heavy atom. The van der Waals surface area contributed by atoms with Crippen LogP contribution in [0.5, 0.6) is 11.5 Å². The number of nitrogens with zero attached hydrogens (tertiary/aromatic N) is 2. The molecule has 2 aromatic rings. The molecule has 35 heavy (non-hydrogen) atoms. The predicted molar refractivity (Wildman–Crippen MR) is 131 cm³/mol. The number of amides is 1. The Balaban J connectivity index is 1.70. The van der Waals surface area contributed by atoms with Gasteiger partial charge in [0.1, 0.15) is 5.76 Å². The van der Waals surface area contributed by atoms with Gasteiger partial charge in [-0.2, -0.15) is 0 Å². The van der Waals surface area contributed by atoms with Crippen LogP contribution in [0.2, 0.25) is 0 Å². The van der Waals surface area contributed by atoms with Crippen molar-refractivity contribution in [1.29, 1.82) is 0 Å². The zero-order valence-corrected chi connectivity index (χ0v) is 20.7. The van der Waals surface area contributed by atoms with Crippen molar-refractivity contribution < 1.29 is 28.6 Å². The number of carbonyl (C=O) groups excluding carboxylic acids is 2. The summed E-state index contributed by atoms with van der Waals surface area (Å²) in [4.78, 5) is 30.6.